The van der Waals surface area contributed by atoms with Gasteiger partial charge in [0.15, 0.2) is 0 Å². The van der Waals surface area contributed by atoms with Crippen LogP contribution in [0.3, 0.4) is 0 Å². The van der Waals surface area contributed by atoms with Gasteiger partial charge < -0.3 is 0 Å². The molecule has 148 valence electrons. The molecule has 0 aromatic carbocycles. The van der Waals surface area contributed by atoms with Gasteiger partial charge in [0.1, 0.15) is 0 Å². The molecule has 0 aromatic rings. The molecular weight excluding hydrogens is 421 g/mol. The molecule has 1 aliphatic heterocycles. The Morgan fingerprint density at radius 3 is 1.92 bits per heavy atom. The number of hydrogen-bond acceptors (Lipinski definition) is 4. The number of hydrogen-bond donors (Lipinski definition) is 1. The summed E-state index contributed by atoms with van der Waals surface area (Å²) in [5.41, 5.74) is 6.45. The fourth-order valence-electron chi connectivity index (χ4n) is 4.45. The van der Waals surface area contributed by atoms with Gasteiger partial charge >= 0.3 is 160 Å². The van der Waals surface area contributed by atoms with E-state index in [4.69, 9.17) is 18.3 Å². The first kappa shape index (κ1) is 21.9. The number of rotatable bonds is 12. The topological polar surface area (TPSA) is 53.7 Å². The molecule has 5 heteroatoms. The molecule has 2 N–H and O–H groups in total. The molecule has 1 heterocycles. The van der Waals surface area contributed by atoms with E-state index < -0.39 is 18.8 Å². The van der Waals surface area contributed by atoms with Gasteiger partial charge in [0, 0.05) is 0 Å². The van der Waals surface area contributed by atoms with E-state index in [1.807, 2.05) is 0 Å². The predicted octanol–water partition coefficient (Wildman–Crippen LogP) is 4.83. The van der Waals surface area contributed by atoms with Crippen molar-refractivity contribution in [1.29, 1.82) is 0 Å². The van der Waals surface area contributed by atoms with E-state index in [1.54, 1.807) is 0 Å². The van der Waals surface area contributed by atoms with Crippen LogP contribution in [0.5, 0.6) is 0 Å². The fourth-order valence-corrected chi connectivity index (χ4v) is 18.0. The quantitative estimate of drug-likeness (QED) is 0.423. The van der Waals surface area contributed by atoms with Crippen LogP contribution in [0.25, 0.3) is 0 Å². The third kappa shape index (κ3) is 6.34. The van der Waals surface area contributed by atoms with Crippen molar-refractivity contribution >= 4 is 18.8 Å². The van der Waals surface area contributed by atoms with Gasteiger partial charge in [-0.25, -0.2) is 0 Å². The second kappa shape index (κ2) is 10.8. The Labute approximate surface area is 160 Å². The zero-order valence-corrected chi connectivity index (χ0v) is 19.7. The van der Waals surface area contributed by atoms with Crippen LogP contribution in [0.1, 0.15) is 72.1 Å². The third-order valence-electron chi connectivity index (χ3n) is 6.10. The summed E-state index contributed by atoms with van der Waals surface area (Å²) in [6.45, 7) is 9.20. The molecule has 0 aromatic heterocycles. The van der Waals surface area contributed by atoms with Crippen molar-refractivity contribution in [3.63, 3.8) is 0 Å². The average molecular weight is 462 g/mol. The molecule has 1 aliphatic carbocycles. The van der Waals surface area contributed by atoms with Gasteiger partial charge in [0.2, 0.25) is 0 Å². The van der Waals surface area contributed by atoms with Gasteiger partial charge in [0.25, 0.3) is 0 Å². The van der Waals surface area contributed by atoms with Gasteiger partial charge in [0.05, 0.1) is 0 Å². The zero-order valence-electron chi connectivity index (χ0n) is 16.9. The van der Waals surface area contributed by atoms with Gasteiger partial charge in [-0.2, -0.15) is 0 Å². The van der Waals surface area contributed by atoms with Crippen LogP contribution >= 0.6 is 0 Å². The standard InChI is InChI=1S/C8H14NO3.3C4H9.Sn/c9-7-4-8(3-6(7)5-10)11-1-2-12-8;3*1-3-4-2;/h6-7H,1-5,9H2;3*1,3-4H2,2H3;/q-1;;;;+1/t6-,7+;;;;/m1..../s1. The Morgan fingerprint density at radius 2 is 1.44 bits per heavy atom. The van der Waals surface area contributed by atoms with Crippen LogP contribution in [0.15, 0.2) is 0 Å². The molecule has 2 aliphatic rings. The minimum atomic E-state index is -2.51. The number of nitrogens with two attached hydrogens (primary N) is 1. The van der Waals surface area contributed by atoms with Crippen LogP contribution in [-0.4, -0.2) is 50.4 Å². The summed E-state index contributed by atoms with van der Waals surface area (Å²) < 4.78 is 22.9. The van der Waals surface area contributed by atoms with E-state index in [-0.39, 0.29) is 11.8 Å². The van der Waals surface area contributed by atoms with Crippen molar-refractivity contribution in [2.24, 2.45) is 11.7 Å². The van der Waals surface area contributed by atoms with Crippen LogP contribution in [0.4, 0.5) is 0 Å². The van der Waals surface area contributed by atoms with Crippen LogP contribution in [0.2, 0.25) is 13.3 Å². The van der Waals surface area contributed by atoms with Crippen LogP contribution in [0, 0.1) is 5.92 Å². The molecule has 0 amide bonds. The molecule has 0 bridgehead atoms. The maximum absolute atomic E-state index is 6.91. The van der Waals surface area contributed by atoms with Crippen molar-refractivity contribution in [3.8, 4) is 0 Å². The molecule has 1 saturated carbocycles. The molecule has 2 fully saturated rings. The molecule has 0 radical (unpaired) electrons. The normalized spacial score (nSPS) is 25.9. The molecule has 1 saturated heterocycles. The molecule has 2 atom stereocenters. The zero-order chi connectivity index (χ0) is 18.2. The van der Waals surface area contributed by atoms with E-state index in [0.717, 1.165) is 19.4 Å². The molecule has 1 spiro atoms. The molecule has 2 rings (SSSR count). The van der Waals surface area contributed by atoms with E-state index >= 15 is 0 Å². The Hall–Kier alpha value is 0.639. The van der Waals surface area contributed by atoms with Crippen LogP contribution in [-0.2, 0) is 12.5 Å². The number of ether oxygens (including phenoxy) is 2. The van der Waals surface area contributed by atoms with E-state index in [0.29, 0.717) is 19.1 Å². The van der Waals surface area contributed by atoms with E-state index in [2.05, 4.69) is 20.8 Å². The summed E-state index contributed by atoms with van der Waals surface area (Å²) >= 11 is -2.51. The van der Waals surface area contributed by atoms with Gasteiger partial charge in [-0.3, -0.25) is 0 Å². The van der Waals surface area contributed by atoms with Crippen molar-refractivity contribution in [3.05, 3.63) is 0 Å². The summed E-state index contributed by atoms with van der Waals surface area (Å²) in [4.78, 5) is 0. The Bertz CT molecular complexity index is 352. The van der Waals surface area contributed by atoms with Gasteiger partial charge in [-0.05, 0) is 0 Å². The van der Waals surface area contributed by atoms with Gasteiger partial charge in [-0.1, -0.05) is 0 Å². The van der Waals surface area contributed by atoms with Crippen molar-refractivity contribution in [1.82, 2.24) is 0 Å². The molecule has 0 unspecified atom stereocenters. The van der Waals surface area contributed by atoms with Crippen molar-refractivity contribution in [2.45, 2.75) is 97.3 Å². The fraction of sp³-hybridized carbons (Fsp3) is 1.00. The first-order valence-electron chi connectivity index (χ1n) is 10.8. The minimum absolute atomic E-state index is 0.158. The Balaban J connectivity index is 1.96. The summed E-state index contributed by atoms with van der Waals surface area (Å²) in [6.07, 6.45) is 9.65. The third-order valence-corrected chi connectivity index (χ3v) is 19.2. The van der Waals surface area contributed by atoms with Crippen LogP contribution < -0.4 is 5.73 Å². The summed E-state index contributed by atoms with van der Waals surface area (Å²) in [5.74, 6) is 0.0149. The predicted molar refractivity (Wildman–Crippen MR) is 106 cm³/mol. The first-order valence-corrected chi connectivity index (χ1v) is 18.0. The van der Waals surface area contributed by atoms with Crippen molar-refractivity contribution in [2.75, 3.05) is 19.8 Å². The van der Waals surface area contributed by atoms with E-state index in [9.17, 15) is 0 Å². The summed E-state index contributed by atoms with van der Waals surface area (Å²) in [6, 6.07) is 0.158. The van der Waals surface area contributed by atoms with E-state index in [1.165, 1.54) is 51.8 Å². The molecular formula is C20H41NO3Sn. The Morgan fingerprint density at radius 1 is 0.920 bits per heavy atom. The number of unbranched alkanes of at least 4 members (excludes halogenated alkanes) is 3. The second-order valence-electron chi connectivity index (χ2n) is 8.24. The summed E-state index contributed by atoms with van der Waals surface area (Å²) in [7, 11) is 0. The average Bonchev–Trinajstić information content (AvgIpc) is 3.20. The Kier molecular flexibility index (Phi) is 9.51. The molecule has 25 heavy (non-hydrogen) atoms. The van der Waals surface area contributed by atoms with Gasteiger partial charge in [-0.15, -0.1) is 0 Å². The maximum atomic E-state index is 6.91. The SMILES string of the molecule is CCC[CH2][Sn]([CH2]CCC)([CH2]CCC)[O]C[C@H]1CC2(C[C@@H]1N)OCCO2. The molecule has 4 nitrogen and oxygen atoms in total. The second-order valence-corrected chi connectivity index (χ2v) is 20.1. The summed E-state index contributed by atoms with van der Waals surface area (Å²) in [5, 5.41) is 0. The van der Waals surface area contributed by atoms with Crippen molar-refractivity contribution < 1.29 is 12.5 Å². The first-order chi connectivity index (χ1) is 12.1. The monoisotopic (exact) mass is 463 g/mol.